The number of nitrogens with one attached hydrogen (secondary N) is 3. The van der Waals surface area contributed by atoms with Gasteiger partial charge in [-0.25, -0.2) is 4.99 Å². The van der Waals surface area contributed by atoms with Crippen LogP contribution in [0.4, 0.5) is 0 Å². The number of rotatable bonds is 10. The molecule has 31 heavy (non-hydrogen) atoms. The average molecular weight is 558 g/mol. The predicted octanol–water partition coefficient (Wildman–Crippen LogP) is 3.69. The summed E-state index contributed by atoms with van der Waals surface area (Å²) in [6.07, 6.45) is 0. The first-order chi connectivity index (χ1) is 14.3. The van der Waals surface area contributed by atoms with Crippen molar-refractivity contribution in [2.75, 3.05) is 40.3 Å². The number of hydrogen-bond acceptors (Lipinski definition) is 4. The molecule has 6 nitrogen and oxygen atoms in total. The summed E-state index contributed by atoms with van der Waals surface area (Å²) in [4.78, 5) is 20.5. The lowest BCUT2D eigenvalue weighted by Crippen LogP contribution is -2.43. The van der Waals surface area contributed by atoms with Crippen LogP contribution in [0.15, 0.2) is 46.8 Å². The van der Waals surface area contributed by atoms with E-state index in [1.165, 1.54) is 4.88 Å². The van der Waals surface area contributed by atoms with Crippen LogP contribution in [0.25, 0.3) is 0 Å². The van der Waals surface area contributed by atoms with E-state index in [1.807, 2.05) is 43.3 Å². The minimum absolute atomic E-state index is 0. The average Bonchev–Trinajstić information content (AvgIpc) is 3.26. The summed E-state index contributed by atoms with van der Waals surface area (Å²) in [6, 6.07) is 11.9. The highest BCUT2D eigenvalue weighted by Crippen LogP contribution is 2.26. The van der Waals surface area contributed by atoms with Gasteiger partial charge >= 0.3 is 0 Å². The Labute approximate surface area is 207 Å². The molecule has 8 heteroatoms. The molecule has 0 fully saturated rings. The maximum atomic E-state index is 12.4. The lowest BCUT2D eigenvalue weighted by molar-refractivity contribution is 0.0951. The number of carbonyl (C=O) groups is 1. The fourth-order valence-corrected chi connectivity index (χ4v) is 3.73. The Hall–Kier alpha value is -1.65. The summed E-state index contributed by atoms with van der Waals surface area (Å²) < 4.78 is 0. The fraction of sp³-hybridized carbons (Fsp3) is 0.478. The number of amides is 1. The van der Waals surface area contributed by atoms with Gasteiger partial charge < -0.3 is 20.9 Å². The molecule has 2 rings (SSSR count). The van der Waals surface area contributed by atoms with Crippen molar-refractivity contribution in [3.63, 3.8) is 0 Å². The molecule has 0 atom stereocenters. The summed E-state index contributed by atoms with van der Waals surface area (Å²) in [6.45, 7) is 10.0. The largest absolute Gasteiger partial charge is 0.357 e. The Morgan fingerprint density at radius 2 is 1.90 bits per heavy atom. The van der Waals surface area contributed by atoms with E-state index in [2.05, 4.69) is 54.2 Å². The van der Waals surface area contributed by atoms with Crippen LogP contribution in [0, 0.1) is 0 Å². The van der Waals surface area contributed by atoms with E-state index in [1.54, 1.807) is 11.3 Å². The third-order valence-electron chi connectivity index (χ3n) is 4.68. The molecule has 0 radical (unpaired) electrons. The maximum Gasteiger partial charge on any atom is 0.251 e. The van der Waals surface area contributed by atoms with E-state index < -0.39 is 0 Å². The van der Waals surface area contributed by atoms with Crippen LogP contribution in [0.5, 0.6) is 0 Å². The molecule has 0 aliphatic rings. The summed E-state index contributed by atoms with van der Waals surface area (Å²) in [5.41, 5.74) is 1.69. The van der Waals surface area contributed by atoms with Crippen molar-refractivity contribution in [1.82, 2.24) is 20.9 Å². The Kier molecular flexibility index (Phi) is 12.1. The van der Waals surface area contributed by atoms with E-state index in [4.69, 9.17) is 4.99 Å². The Morgan fingerprint density at radius 3 is 2.55 bits per heavy atom. The molecule has 3 N–H and O–H groups in total. The van der Waals surface area contributed by atoms with Gasteiger partial charge in [0.05, 0.1) is 6.54 Å². The summed E-state index contributed by atoms with van der Waals surface area (Å²) in [7, 11) is 3.98. The lowest BCUT2D eigenvalue weighted by Gasteiger charge is -2.25. The second kappa shape index (κ2) is 13.7. The van der Waals surface area contributed by atoms with Crippen LogP contribution < -0.4 is 16.0 Å². The standard InChI is InChI=1S/C23H35N5OS.HI/c1-6-24-22(27-17-23(2,3)20-11-8-14-30-20)26-16-18-9-7-10-19(15-18)21(29)25-12-13-28(4)5;/h7-11,14-15H,6,12-13,16-17H2,1-5H3,(H,25,29)(H2,24,26,27);1H. The molecule has 172 valence electrons. The number of likely N-dealkylation sites (N-methyl/N-ethyl adjacent to an activating group) is 1. The smallest absolute Gasteiger partial charge is 0.251 e. The molecule has 2 aromatic rings. The zero-order valence-corrected chi connectivity index (χ0v) is 22.3. The Bertz CT molecular complexity index is 821. The number of aliphatic imine (C=N–C) groups is 1. The van der Waals surface area contributed by atoms with Crippen molar-refractivity contribution in [3.05, 3.63) is 57.8 Å². The van der Waals surface area contributed by atoms with Gasteiger partial charge in [-0.3, -0.25) is 4.79 Å². The van der Waals surface area contributed by atoms with Gasteiger partial charge in [-0.15, -0.1) is 35.3 Å². The van der Waals surface area contributed by atoms with Crippen molar-refractivity contribution < 1.29 is 4.79 Å². The van der Waals surface area contributed by atoms with Gasteiger partial charge in [0.1, 0.15) is 0 Å². The Balaban J connectivity index is 0.00000480. The van der Waals surface area contributed by atoms with Gasteiger partial charge in [-0.2, -0.15) is 0 Å². The van der Waals surface area contributed by atoms with Crippen LogP contribution in [0.1, 0.15) is 41.6 Å². The van der Waals surface area contributed by atoms with Crippen molar-refractivity contribution >= 4 is 47.2 Å². The molecule has 1 heterocycles. The van der Waals surface area contributed by atoms with E-state index in [9.17, 15) is 4.79 Å². The van der Waals surface area contributed by atoms with Gasteiger partial charge in [0, 0.05) is 42.0 Å². The number of nitrogens with zero attached hydrogens (tertiary/aromatic N) is 2. The maximum absolute atomic E-state index is 12.4. The first-order valence-electron chi connectivity index (χ1n) is 10.4. The molecular formula is C23H36IN5OS. The second-order valence-electron chi connectivity index (χ2n) is 8.17. The molecule has 0 bridgehead atoms. The van der Waals surface area contributed by atoms with E-state index >= 15 is 0 Å². The molecule has 1 aromatic carbocycles. The quantitative estimate of drug-likeness (QED) is 0.237. The topological polar surface area (TPSA) is 68.8 Å². The minimum atomic E-state index is -0.0505. The fourth-order valence-electron chi connectivity index (χ4n) is 2.87. The number of benzene rings is 1. The summed E-state index contributed by atoms with van der Waals surface area (Å²) >= 11 is 1.78. The van der Waals surface area contributed by atoms with E-state index in [0.29, 0.717) is 18.7 Å². The van der Waals surface area contributed by atoms with Gasteiger partial charge in [0.15, 0.2) is 5.96 Å². The van der Waals surface area contributed by atoms with Crippen molar-refractivity contribution in [2.45, 2.75) is 32.7 Å². The number of hydrogen-bond donors (Lipinski definition) is 3. The molecular weight excluding hydrogens is 521 g/mol. The second-order valence-corrected chi connectivity index (χ2v) is 9.12. The molecule has 0 aliphatic carbocycles. The molecule has 0 unspecified atom stereocenters. The number of guanidine groups is 1. The number of halogens is 1. The van der Waals surface area contributed by atoms with Crippen LogP contribution in [0.3, 0.4) is 0 Å². The van der Waals surface area contributed by atoms with E-state index in [0.717, 1.165) is 31.2 Å². The highest BCUT2D eigenvalue weighted by atomic mass is 127. The van der Waals surface area contributed by atoms with Gasteiger partial charge in [0.2, 0.25) is 0 Å². The summed E-state index contributed by atoms with van der Waals surface area (Å²) in [5.74, 6) is 0.730. The highest BCUT2D eigenvalue weighted by molar-refractivity contribution is 14.0. The number of thiophene rings is 1. The van der Waals surface area contributed by atoms with Gasteiger partial charge in [-0.1, -0.05) is 32.0 Å². The number of carbonyl (C=O) groups excluding carboxylic acids is 1. The zero-order chi connectivity index (χ0) is 22.0. The van der Waals surface area contributed by atoms with Crippen molar-refractivity contribution in [2.24, 2.45) is 4.99 Å². The summed E-state index contributed by atoms with van der Waals surface area (Å²) in [5, 5.41) is 11.8. The normalized spacial score (nSPS) is 11.7. The molecule has 0 aliphatic heterocycles. The van der Waals surface area contributed by atoms with E-state index in [-0.39, 0.29) is 35.3 Å². The first kappa shape index (κ1) is 27.4. The SMILES string of the molecule is CCNC(=NCc1cccc(C(=O)NCCN(C)C)c1)NCC(C)(C)c1cccs1.I. The van der Waals surface area contributed by atoms with Crippen LogP contribution in [-0.2, 0) is 12.0 Å². The molecule has 0 saturated carbocycles. The first-order valence-corrected chi connectivity index (χ1v) is 11.3. The van der Waals surface area contributed by atoms with Crippen LogP contribution in [0.2, 0.25) is 0 Å². The zero-order valence-electron chi connectivity index (χ0n) is 19.2. The van der Waals surface area contributed by atoms with Gasteiger partial charge in [0.25, 0.3) is 5.91 Å². The van der Waals surface area contributed by atoms with Crippen LogP contribution >= 0.6 is 35.3 Å². The van der Waals surface area contributed by atoms with Crippen LogP contribution in [-0.4, -0.2) is 57.0 Å². The third kappa shape index (κ3) is 9.57. The van der Waals surface area contributed by atoms with Crippen molar-refractivity contribution in [3.8, 4) is 0 Å². The molecule has 0 spiro atoms. The minimum Gasteiger partial charge on any atom is -0.357 e. The molecule has 1 amide bonds. The molecule has 1 aromatic heterocycles. The lowest BCUT2D eigenvalue weighted by atomic mass is 9.91. The molecule has 0 saturated heterocycles. The Morgan fingerprint density at radius 1 is 1.13 bits per heavy atom. The van der Waals surface area contributed by atoms with Crippen molar-refractivity contribution in [1.29, 1.82) is 0 Å². The highest BCUT2D eigenvalue weighted by Gasteiger charge is 2.21. The third-order valence-corrected chi connectivity index (χ3v) is 5.92. The monoisotopic (exact) mass is 557 g/mol. The predicted molar refractivity (Wildman–Crippen MR) is 143 cm³/mol. The van der Waals surface area contributed by atoms with Gasteiger partial charge in [-0.05, 0) is 50.2 Å².